The number of nitrogens with zero attached hydrogens (tertiary/aromatic N) is 1. The Morgan fingerprint density at radius 2 is 1.43 bits per heavy atom. The molecule has 6 N–H and O–H groups in total. The van der Waals surface area contributed by atoms with Gasteiger partial charge in [0.15, 0.2) is 0 Å². The van der Waals surface area contributed by atoms with E-state index in [2.05, 4.69) is 10.2 Å². The Bertz CT molecular complexity index is 819. The zero-order chi connectivity index (χ0) is 25.9. The van der Waals surface area contributed by atoms with Gasteiger partial charge in [0.2, 0.25) is 11.8 Å². The number of fused-ring (bicyclic) bond motifs is 1. The first-order valence-corrected chi connectivity index (χ1v) is 15.6. The lowest BCUT2D eigenvalue weighted by Gasteiger charge is -2.40. The number of hydrogen-bond acceptors (Lipinski definition) is 4. The van der Waals surface area contributed by atoms with Gasteiger partial charge in [-0.3, -0.25) is 19.9 Å². The van der Waals surface area contributed by atoms with Crippen molar-refractivity contribution in [2.24, 2.45) is 47.0 Å². The third-order valence-corrected chi connectivity index (χ3v) is 11.1. The molecule has 5 rings (SSSR count). The van der Waals surface area contributed by atoms with Gasteiger partial charge >= 0.3 is 0 Å². The number of primary amides is 1. The van der Waals surface area contributed by atoms with E-state index in [9.17, 15) is 9.59 Å². The Kier molecular flexibility index (Phi) is 8.78. The van der Waals surface area contributed by atoms with Crippen LogP contribution in [0.3, 0.4) is 0 Å². The average Bonchev–Trinajstić information content (AvgIpc) is 3.27. The molecule has 0 radical (unpaired) electrons. The van der Waals surface area contributed by atoms with Crippen molar-refractivity contribution in [3.63, 3.8) is 0 Å². The highest BCUT2D eigenvalue weighted by atomic mass is 16.2. The first-order valence-electron chi connectivity index (χ1n) is 15.6. The number of likely N-dealkylation sites (tertiary alicyclic amines) is 1. The molecule has 1 heterocycles. The summed E-state index contributed by atoms with van der Waals surface area (Å²) in [6.45, 7) is 0.921. The third-order valence-electron chi connectivity index (χ3n) is 11.1. The second-order valence-electron chi connectivity index (χ2n) is 13.4. The summed E-state index contributed by atoms with van der Waals surface area (Å²) in [5.74, 6) is 3.25. The van der Waals surface area contributed by atoms with Crippen molar-refractivity contribution in [3.05, 3.63) is 0 Å². The van der Waals surface area contributed by atoms with Crippen LogP contribution in [0.2, 0.25) is 0 Å². The predicted octanol–water partition coefficient (Wildman–Crippen LogP) is 4.33. The van der Waals surface area contributed by atoms with Gasteiger partial charge in [0, 0.05) is 30.5 Å². The molecular formula is C30H51N5O2. The van der Waals surface area contributed by atoms with Crippen molar-refractivity contribution < 1.29 is 9.59 Å². The number of nitrogens with one attached hydrogen (secondary N) is 2. The maximum absolute atomic E-state index is 13.9. The van der Waals surface area contributed by atoms with Crippen LogP contribution in [0.4, 0.5) is 0 Å². The highest BCUT2D eigenvalue weighted by molar-refractivity contribution is 5.83. The number of nitrogens with two attached hydrogens (primary N) is 2. The third kappa shape index (κ3) is 6.34. The Balaban J connectivity index is 1.24. The van der Waals surface area contributed by atoms with Gasteiger partial charge in [-0.05, 0) is 87.9 Å². The summed E-state index contributed by atoms with van der Waals surface area (Å²) in [4.78, 5) is 28.1. The van der Waals surface area contributed by atoms with Crippen LogP contribution in [-0.2, 0) is 9.59 Å². The Hall–Kier alpha value is -1.63. The molecule has 208 valence electrons. The van der Waals surface area contributed by atoms with E-state index in [1.807, 2.05) is 0 Å². The van der Waals surface area contributed by atoms with Gasteiger partial charge in [0.1, 0.15) is 0 Å². The minimum absolute atomic E-state index is 0.0156. The summed E-state index contributed by atoms with van der Waals surface area (Å²) >= 11 is 0. The molecule has 0 bridgehead atoms. The molecule has 0 aromatic carbocycles. The fourth-order valence-electron chi connectivity index (χ4n) is 8.96. The summed E-state index contributed by atoms with van der Waals surface area (Å²) in [5, 5.41) is 11.6. The number of amidine groups is 1. The molecule has 2 amide bonds. The van der Waals surface area contributed by atoms with Crippen LogP contribution < -0.4 is 16.8 Å². The molecule has 0 spiro atoms. The first kappa shape index (κ1) is 27.0. The molecule has 4 saturated carbocycles. The Morgan fingerprint density at radius 3 is 2.14 bits per heavy atom. The molecule has 1 aliphatic heterocycles. The number of amides is 2. The van der Waals surface area contributed by atoms with Crippen LogP contribution in [-0.4, -0.2) is 47.2 Å². The van der Waals surface area contributed by atoms with Crippen LogP contribution in [0.25, 0.3) is 0 Å². The summed E-state index contributed by atoms with van der Waals surface area (Å²) in [5.41, 5.74) is 11.5. The minimum Gasteiger partial charge on any atom is -0.387 e. The SMILES string of the molecule is N=C(N)C1CCC2CC(C(=O)NC3CCCC(C4CCCCC4)C3)N(CC3CCC(C(N)=O)CC3)C2C1. The van der Waals surface area contributed by atoms with Crippen molar-refractivity contribution in [2.75, 3.05) is 6.54 Å². The van der Waals surface area contributed by atoms with E-state index in [0.717, 1.165) is 76.2 Å². The lowest BCUT2D eigenvalue weighted by Crippen LogP contribution is -2.52. The summed E-state index contributed by atoms with van der Waals surface area (Å²) in [7, 11) is 0. The smallest absolute Gasteiger partial charge is 0.237 e. The number of carbonyl (C=O) groups excluding carboxylic acids is 2. The van der Waals surface area contributed by atoms with Gasteiger partial charge in [0.05, 0.1) is 11.9 Å². The van der Waals surface area contributed by atoms with Crippen molar-refractivity contribution in [1.82, 2.24) is 10.2 Å². The van der Waals surface area contributed by atoms with Gasteiger partial charge in [-0.15, -0.1) is 0 Å². The molecule has 7 nitrogen and oxygen atoms in total. The fraction of sp³-hybridized carbons (Fsp3) is 0.900. The molecule has 0 aromatic heterocycles. The van der Waals surface area contributed by atoms with E-state index in [0.29, 0.717) is 29.8 Å². The van der Waals surface area contributed by atoms with Crippen molar-refractivity contribution in [2.45, 2.75) is 127 Å². The van der Waals surface area contributed by atoms with Crippen LogP contribution in [0.1, 0.15) is 109 Å². The van der Waals surface area contributed by atoms with E-state index in [1.54, 1.807) is 0 Å². The zero-order valence-corrected chi connectivity index (χ0v) is 22.8. The van der Waals surface area contributed by atoms with E-state index in [1.165, 1.54) is 51.4 Å². The van der Waals surface area contributed by atoms with E-state index in [-0.39, 0.29) is 29.7 Å². The first-order chi connectivity index (χ1) is 17.9. The molecule has 5 fully saturated rings. The van der Waals surface area contributed by atoms with Crippen molar-refractivity contribution in [1.29, 1.82) is 5.41 Å². The van der Waals surface area contributed by atoms with Gasteiger partial charge < -0.3 is 16.8 Å². The summed E-state index contributed by atoms with van der Waals surface area (Å²) in [6.07, 6.45) is 19.5. The maximum Gasteiger partial charge on any atom is 0.237 e. The molecule has 1 saturated heterocycles. The van der Waals surface area contributed by atoms with Gasteiger partial charge in [0.25, 0.3) is 0 Å². The van der Waals surface area contributed by atoms with Crippen molar-refractivity contribution in [3.8, 4) is 0 Å². The lowest BCUT2D eigenvalue weighted by molar-refractivity contribution is -0.127. The normalized spacial score (nSPS) is 39.6. The number of carbonyl (C=O) groups is 2. The summed E-state index contributed by atoms with van der Waals surface area (Å²) in [6, 6.07) is 0.604. The molecular weight excluding hydrogens is 462 g/mol. The highest BCUT2D eigenvalue weighted by Gasteiger charge is 2.48. The van der Waals surface area contributed by atoms with Crippen LogP contribution in [0.15, 0.2) is 0 Å². The number of hydrogen-bond donors (Lipinski definition) is 4. The average molecular weight is 514 g/mol. The van der Waals surface area contributed by atoms with Crippen molar-refractivity contribution >= 4 is 17.6 Å². The standard InChI is InChI=1S/C30H51N5O2/c31-28(32)24-14-13-23-16-27(35(26(23)17-24)18-19-9-11-21(12-10-19)29(33)36)30(37)34-25-8-4-7-22(15-25)20-5-2-1-3-6-20/h19-27H,1-18H2,(H3,31,32)(H2,33,36)(H,34,37). The molecule has 5 aliphatic rings. The molecule has 0 aromatic rings. The monoisotopic (exact) mass is 513 g/mol. The van der Waals surface area contributed by atoms with Gasteiger partial charge in [-0.2, -0.15) is 0 Å². The zero-order valence-electron chi connectivity index (χ0n) is 22.8. The summed E-state index contributed by atoms with van der Waals surface area (Å²) < 4.78 is 0. The Labute approximate surface area is 223 Å². The van der Waals surface area contributed by atoms with Crippen LogP contribution >= 0.6 is 0 Å². The van der Waals surface area contributed by atoms with Crippen LogP contribution in [0.5, 0.6) is 0 Å². The highest BCUT2D eigenvalue weighted by Crippen LogP contribution is 2.44. The second kappa shape index (κ2) is 12.0. The molecule has 37 heavy (non-hydrogen) atoms. The number of rotatable bonds is 7. The molecule has 7 heteroatoms. The van der Waals surface area contributed by atoms with E-state index in [4.69, 9.17) is 16.9 Å². The second-order valence-corrected chi connectivity index (χ2v) is 13.4. The largest absolute Gasteiger partial charge is 0.387 e. The Morgan fingerprint density at radius 1 is 0.730 bits per heavy atom. The lowest BCUT2D eigenvalue weighted by atomic mass is 9.72. The topological polar surface area (TPSA) is 125 Å². The van der Waals surface area contributed by atoms with Crippen LogP contribution in [0, 0.1) is 40.9 Å². The fourth-order valence-corrected chi connectivity index (χ4v) is 8.96. The quantitative estimate of drug-likeness (QED) is 0.299. The predicted molar refractivity (Wildman–Crippen MR) is 147 cm³/mol. The van der Waals surface area contributed by atoms with E-state index < -0.39 is 0 Å². The van der Waals surface area contributed by atoms with Gasteiger partial charge in [-0.25, -0.2) is 0 Å². The molecule has 4 aliphatic carbocycles. The molecule has 6 atom stereocenters. The van der Waals surface area contributed by atoms with Gasteiger partial charge in [-0.1, -0.05) is 44.9 Å². The maximum atomic E-state index is 13.9. The molecule has 6 unspecified atom stereocenters. The minimum atomic E-state index is -0.160. The van der Waals surface area contributed by atoms with E-state index >= 15 is 0 Å².